The van der Waals surface area contributed by atoms with Crippen LogP contribution in [0.15, 0.2) is 24.5 Å². The van der Waals surface area contributed by atoms with Crippen LogP contribution >= 0.6 is 0 Å². The molecule has 94 valence electrons. The number of hydrogen-bond acceptors (Lipinski definition) is 2. The van der Waals surface area contributed by atoms with Gasteiger partial charge in [0.15, 0.2) is 12.4 Å². The SMILES string of the molecule is CC(C)C(NC(=O)c1ccc[nH+]c1)C(=O)O.[Cl-]. The highest BCUT2D eigenvalue weighted by Gasteiger charge is 2.24. The number of hydrogen-bond donors (Lipinski definition) is 2. The lowest BCUT2D eigenvalue weighted by Gasteiger charge is -2.17. The molecule has 1 atom stereocenters. The lowest BCUT2D eigenvalue weighted by Crippen LogP contribution is -3.00. The first-order valence-electron chi connectivity index (χ1n) is 5.02. The van der Waals surface area contributed by atoms with Crippen LogP contribution in [0.3, 0.4) is 0 Å². The fourth-order valence-electron chi connectivity index (χ4n) is 1.27. The van der Waals surface area contributed by atoms with E-state index in [-0.39, 0.29) is 18.3 Å². The van der Waals surface area contributed by atoms with Crippen molar-refractivity contribution in [3.05, 3.63) is 30.1 Å². The highest BCUT2D eigenvalue weighted by Crippen LogP contribution is 2.03. The second-order valence-electron chi connectivity index (χ2n) is 3.83. The average molecular weight is 259 g/mol. The lowest BCUT2D eigenvalue weighted by molar-refractivity contribution is -0.378. The van der Waals surface area contributed by atoms with Gasteiger partial charge in [-0.25, -0.2) is 9.78 Å². The van der Waals surface area contributed by atoms with Crippen molar-refractivity contribution in [2.45, 2.75) is 19.9 Å². The summed E-state index contributed by atoms with van der Waals surface area (Å²) in [5.41, 5.74) is 0.411. The minimum Gasteiger partial charge on any atom is -1.00 e. The van der Waals surface area contributed by atoms with Crippen LogP contribution in [0, 0.1) is 5.92 Å². The van der Waals surface area contributed by atoms with Crippen LogP contribution in [-0.2, 0) is 4.79 Å². The van der Waals surface area contributed by atoms with E-state index in [0.29, 0.717) is 5.56 Å². The fourth-order valence-corrected chi connectivity index (χ4v) is 1.27. The van der Waals surface area contributed by atoms with Gasteiger partial charge in [0.05, 0.1) is 0 Å². The number of aliphatic carboxylic acids is 1. The number of nitrogens with one attached hydrogen (secondary N) is 2. The Morgan fingerprint density at radius 1 is 1.41 bits per heavy atom. The third-order valence-electron chi connectivity index (χ3n) is 2.19. The molecule has 1 aromatic heterocycles. The van der Waals surface area contributed by atoms with Gasteiger partial charge in [0.1, 0.15) is 11.6 Å². The van der Waals surface area contributed by atoms with Crippen LogP contribution in [0.1, 0.15) is 24.2 Å². The summed E-state index contributed by atoms with van der Waals surface area (Å²) >= 11 is 0. The molecule has 6 heteroatoms. The molecule has 1 aromatic rings. The Balaban J connectivity index is 0.00000256. The second-order valence-corrected chi connectivity index (χ2v) is 3.83. The van der Waals surface area contributed by atoms with Gasteiger partial charge in [0, 0.05) is 6.07 Å². The number of aromatic amines is 1. The van der Waals surface area contributed by atoms with Gasteiger partial charge in [-0.1, -0.05) is 13.8 Å². The van der Waals surface area contributed by atoms with Crippen molar-refractivity contribution < 1.29 is 32.1 Å². The van der Waals surface area contributed by atoms with E-state index in [0.717, 1.165) is 0 Å². The van der Waals surface area contributed by atoms with Gasteiger partial charge in [-0.15, -0.1) is 0 Å². The average Bonchev–Trinajstić information content (AvgIpc) is 2.25. The number of carboxylic acid groups (broad SMARTS) is 1. The normalized spacial score (nSPS) is 11.5. The predicted octanol–water partition coefficient (Wildman–Crippen LogP) is -2.66. The minimum atomic E-state index is -1.02. The maximum Gasteiger partial charge on any atom is 0.326 e. The number of carbonyl (C=O) groups is 2. The Kier molecular flexibility index (Phi) is 6.20. The number of pyridine rings is 1. The Morgan fingerprint density at radius 3 is 2.47 bits per heavy atom. The molecule has 0 aliphatic rings. The first kappa shape index (κ1) is 15.4. The molecule has 0 saturated heterocycles. The summed E-state index contributed by atoms with van der Waals surface area (Å²) in [5.74, 6) is -1.57. The summed E-state index contributed by atoms with van der Waals surface area (Å²) in [6, 6.07) is 2.43. The fraction of sp³-hybridized carbons (Fsp3) is 0.364. The van der Waals surface area contributed by atoms with Gasteiger partial charge in [-0.3, -0.25) is 4.79 Å². The number of halogens is 1. The largest absolute Gasteiger partial charge is 1.00 e. The molecule has 3 N–H and O–H groups in total. The van der Waals surface area contributed by atoms with Crippen LogP contribution in [0.5, 0.6) is 0 Å². The standard InChI is InChI=1S/C11H14N2O3.ClH/c1-7(2)9(11(15)16)13-10(14)8-4-3-5-12-6-8;/h3-7,9H,1-2H3,(H,13,14)(H,15,16);1H. The molecule has 0 saturated carbocycles. The number of H-pyrrole nitrogens is 1. The molecular weight excluding hydrogens is 244 g/mol. The maximum atomic E-state index is 11.7. The van der Waals surface area contributed by atoms with E-state index < -0.39 is 17.9 Å². The van der Waals surface area contributed by atoms with Gasteiger partial charge in [-0.05, 0) is 12.0 Å². The molecule has 0 aromatic carbocycles. The zero-order chi connectivity index (χ0) is 12.1. The minimum absolute atomic E-state index is 0. The van der Waals surface area contributed by atoms with Crippen molar-refractivity contribution in [3.8, 4) is 0 Å². The molecule has 1 rings (SSSR count). The van der Waals surface area contributed by atoms with E-state index in [4.69, 9.17) is 5.11 Å². The van der Waals surface area contributed by atoms with Crippen LogP contribution in [0.4, 0.5) is 0 Å². The first-order valence-corrected chi connectivity index (χ1v) is 5.02. The molecule has 1 unspecified atom stereocenters. The number of carbonyl (C=O) groups excluding carboxylic acids is 1. The second kappa shape index (κ2) is 6.85. The van der Waals surface area contributed by atoms with Crippen LogP contribution < -0.4 is 22.7 Å². The third-order valence-corrected chi connectivity index (χ3v) is 2.19. The Labute approximate surface area is 106 Å². The molecule has 1 heterocycles. The van der Waals surface area contributed by atoms with Crippen LogP contribution in [0.25, 0.3) is 0 Å². The highest BCUT2D eigenvalue weighted by atomic mass is 35.5. The summed E-state index contributed by atoms with van der Waals surface area (Å²) in [4.78, 5) is 25.3. The van der Waals surface area contributed by atoms with E-state index >= 15 is 0 Å². The summed E-state index contributed by atoms with van der Waals surface area (Å²) in [5, 5.41) is 11.4. The zero-order valence-corrected chi connectivity index (χ0v) is 10.4. The van der Waals surface area contributed by atoms with E-state index in [2.05, 4.69) is 10.3 Å². The topological polar surface area (TPSA) is 80.5 Å². The van der Waals surface area contributed by atoms with Crippen molar-refractivity contribution in [3.63, 3.8) is 0 Å². The summed E-state index contributed by atoms with van der Waals surface area (Å²) in [6.07, 6.45) is 3.20. The number of carboxylic acids is 1. The predicted molar refractivity (Wildman–Crippen MR) is 56.7 cm³/mol. The van der Waals surface area contributed by atoms with Gasteiger partial charge < -0.3 is 22.8 Å². The Morgan fingerprint density at radius 2 is 2.06 bits per heavy atom. The molecule has 0 radical (unpaired) electrons. The lowest BCUT2D eigenvalue weighted by atomic mass is 10.0. The van der Waals surface area contributed by atoms with Crippen LogP contribution in [0.2, 0.25) is 0 Å². The number of amides is 1. The van der Waals surface area contributed by atoms with Crippen molar-refractivity contribution in [2.24, 2.45) is 5.92 Å². The molecule has 0 aliphatic carbocycles. The molecule has 5 nitrogen and oxygen atoms in total. The molecule has 1 amide bonds. The summed E-state index contributed by atoms with van der Waals surface area (Å²) in [6.45, 7) is 3.49. The quantitative estimate of drug-likeness (QED) is 0.619. The molecule has 0 bridgehead atoms. The van der Waals surface area contributed by atoms with Crippen LogP contribution in [-0.4, -0.2) is 23.0 Å². The first-order chi connectivity index (χ1) is 7.52. The van der Waals surface area contributed by atoms with Gasteiger partial charge in [-0.2, -0.15) is 0 Å². The molecule has 0 fully saturated rings. The maximum absolute atomic E-state index is 11.7. The zero-order valence-electron chi connectivity index (χ0n) is 9.61. The molecule has 17 heavy (non-hydrogen) atoms. The third kappa shape index (κ3) is 4.40. The molecule has 0 aliphatic heterocycles. The van der Waals surface area contributed by atoms with Crippen molar-refractivity contribution >= 4 is 11.9 Å². The summed E-state index contributed by atoms with van der Waals surface area (Å²) < 4.78 is 0. The molecule has 0 spiro atoms. The van der Waals surface area contributed by atoms with E-state index in [1.807, 2.05) is 0 Å². The number of aromatic nitrogens is 1. The number of rotatable bonds is 4. The Hall–Kier alpha value is -1.62. The highest BCUT2D eigenvalue weighted by molar-refractivity contribution is 5.96. The smallest absolute Gasteiger partial charge is 0.326 e. The van der Waals surface area contributed by atoms with Gasteiger partial charge in [0.25, 0.3) is 5.91 Å². The summed E-state index contributed by atoms with van der Waals surface area (Å²) in [7, 11) is 0. The Bertz CT molecular complexity index is 382. The monoisotopic (exact) mass is 258 g/mol. The van der Waals surface area contributed by atoms with E-state index in [1.54, 1.807) is 32.2 Å². The van der Waals surface area contributed by atoms with Crippen molar-refractivity contribution in [1.29, 1.82) is 0 Å². The van der Waals surface area contributed by atoms with Crippen molar-refractivity contribution in [2.75, 3.05) is 0 Å². The van der Waals surface area contributed by atoms with Gasteiger partial charge >= 0.3 is 5.97 Å². The van der Waals surface area contributed by atoms with E-state index in [9.17, 15) is 9.59 Å². The van der Waals surface area contributed by atoms with E-state index in [1.165, 1.54) is 6.20 Å². The van der Waals surface area contributed by atoms with Crippen molar-refractivity contribution in [1.82, 2.24) is 5.32 Å². The van der Waals surface area contributed by atoms with Gasteiger partial charge in [0.2, 0.25) is 0 Å². The molecular formula is C11H15ClN2O3.